The van der Waals surface area contributed by atoms with Crippen molar-refractivity contribution in [1.29, 1.82) is 0 Å². The summed E-state index contributed by atoms with van der Waals surface area (Å²) in [6.07, 6.45) is 16.1. The molecule has 4 amide bonds. The van der Waals surface area contributed by atoms with Gasteiger partial charge in [-0.25, -0.2) is 14.2 Å². The van der Waals surface area contributed by atoms with Crippen molar-refractivity contribution in [3.8, 4) is 0 Å². The van der Waals surface area contributed by atoms with Crippen LogP contribution in [0, 0.1) is 0 Å². The van der Waals surface area contributed by atoms with Gasteiger partial charge in [0.25, 0.3) is 11.8 Å². The van der Waals surface area contributed by atoms with E-state index in [4.69, 9.17) is 9.15 Å². The largest absolute Gasteiger partial charge is 0.459 e. The number of halogens is 1. The number of rotatable bonds is 9. The molecule has 242 valence electrons. The summed E-state index contributed by atoms with van der Waals surface area (Å²) < 4.78 is 24.4. The van der Waals surface area contributed by atoms with E-state index in [1.807, 2.05) is 32.3 Å². The normalized spacial score (nSPS) is 20.9. The van der Waals surface area contributed by atoms with Crippen LogP contribution in [-0.2, 0) is 14.3 Å². The number of aromatic nitrogens is 2. The van der Waals surface area contributed by atoms with Gasteiger partial charge in [0.05, 0.1) is 17.9 Å². The monoisotopic (exact) mass is 632 g/mol. The molecule has 1 saturated heterocycles. The van der Waals surface area contributed by atoms with Gasteiger partial charge in [0, 0.05) is 46.1 Å². The number of carbonyl (C=O) groups is 3. The predicted octanol–water partition coefficient (Wildman–Crippen LogP) is 3.83. The lowest BCUT2D eigenvalue weighted by Gasteiger charge is -2.09. The Morgan fingerprint density at radius 1 is 1.33 bits per heavy atom. The lowest BCUT2D eigenvalue weighted by Crippen LogP contribution is -2.22. The standard InChI is InChI=1S/C21H25N7O3.C11H12FNO2/c1-4-5-18(23-10-13(2)14-11-24-25-12-14)26-17(22-3)9-7-15-6-8-16(31-15)19-20(29)28-21(30)27-19;1-13-6-7-3-4-8(15-2)5-9(12)10(7)11(13)14/h5-13,19H,4H2,1-3H3,(H,22,26)(H,24,25)(H2,27,28,29,30);3-5,8H,6H2,1-2H3/b9-7-,18-5+,23-10-;. The summed E-state index contributed by atoms with van der Waals surface area (Å²) in [5, 5.41) is 14.6. The molecule has 0 saturated carbocycles. The van der Waals surface area contributed by atoms with Crippen LogP contribution in [0.15, 0.2) is 92.1 Å². The topological polar surface area (TPSA) is 166 Å². The molecule has 1 aliphatic carbocycles. The summed E-state index contributed by atoms with van der Waals surface area (Å²) in [4.78, 5) is 44.9. The lowest BCUT2D eigenvalue weighted by molar-refractivity contribution is -0.124. The fraction of sp³-hybridized carbons (Fsp3) is 0.312. The average Bonchev–Trinajstić information content (AvgIpc) is 3.83. The van der Waals surface area contributed by atoms with Crippen LogP contribution in [0.4, 0.5) is 9.18 Å². The highest BCUT2D eigenvalue weighted by molar-refractivity contribution is 6.04. The first kappa shape index (κ1) is 33.5. The number of aromatic amines is 1. The summed E-state index contributed by atoms with van der Waals surface area (Å²) in [7, 11) is 4.83. The Morgan fingerprint density at radius 2 is 2.13 bits per heavy atom. The van der Waals surface area contributed by atoms with E-state index in [1.54, 1.807) is 56.7 Å². The molecule has 14 heteroatoms. The number of carbonyl (C=O) groups excluding carboxylic acids is 3. The summed E-state index contributed by atoms with van der Waals surface area (Å²) >= 11 is 0. The van der Waals surface area contributed by atoms with Crippen molar-refractivity contribution in [2.45, 2.75) is 38.3 Å². The summed E-state index contributed by atoms with van der Waals surface area (Å²) in [6.45, 7) is 4.52. The van der Waals surface area contributed by atoms with Gasteiger partial charge in [0.1, 0.15) is 29.0 Å². The summed E-state index contributed by atoms with van der Waals surface area (Å²) in [6, 6.07) is 2.00. The molecule has 3 unspecified atom stereocenters. The Labute approximate surface area is 265 Å². The van der Waals surface area contributed by atoms with Gasteiger partial charge in [-0.2, -0.15) is 5.10 Å². The molecule has 1 fully saturated rings. The van der Waals surface area contributed by atoms with Gasteiger partial charge >= 0.3 is 6.03 Å². The molecule has 13 nitrogen and oxygen atoms in total. The Bertz CT molecular complexity index is 1650. The van der Waals surface area contributed by atoms with Crippen LogP contribution in [0.5, 0.6) is 0 Å². The van der Waals surface area contributed by atoms with Crippen LogP contribution < -0.4 is 16.0 Å². The first-order valence-corrected chi connectivity index (χ1v) is 14.6. The van der Waals surface area contributed by atoms with Gasteiger partial charge in [0.15, 0.2) is 6.04 Å². The molecular formula is C32H37FN8O5. The number of amides is 4. The van der Waals surface area contributed by atoms with Gasteiger partial charge in [-0.3, -0.25) is 25.0 Å². The highest BCUT2D eigenvalue weighted by Gasteiger charge is 2.33. The number of hydrogen-bond acceptors (Lipinski definition) is 8. The Hall–Kier alpha value is -5.37. The van der Waals surface area contributed by atoms with Crippen LogP contribution in [0.25, 0.3) is 6.08 Å². The van der Waals surface area contributed by atoms with Crippen LogP contribution >= 0.6 is 0 Å². The number of H-pyrrole nitrogens is 1. The first-order chi connectivity index (χ1) is 22.1. The van der Waals surface area contributed by atoms with Crippen molar-refractivity contribution in [2.75, 3.05) is 27.7 Å². The molecule has 2 aromatic heterocycles. The molecule has 3 aliphatic rings. The zero-order valence-electron chi connectivity index (χ0n) is 26.2. The number of furan rings is 1. The minimum atomic E-state index is -0.822. The van der Waals surface area contributed by atoms with E-state index in [2.05, 4.69) is 36.1 Å². The summed E-state index contributed by atoms with van der Waals surface area (Å²) in [5.74, 6) is 1.04. The van der Waals surface area contributed by atoms with E-state index >= 15 is 0 Å². The molecule has 4 heterocycles. The molecule has 4 N–H and O–H groups in total. The molecular weight excluding hydrogens is 595 g/mol. The van der Waals surface area contributed by atoms with Gasteiger partial charge in [-0.15, -0.1) is 0 Å². The molecule has 0 bridgehead atoms. The molecule has 5 rings (SSSR count). The van der Waals surface area contributed by atoms with Gasteiger partial charge < -0.3 is 24.7 Å². The van der Waals surface area contributed by atoms with E-state index in [1.165, 1.54) is 18.1 Å². The van der Waals surface area contributed by atoms with Crippen molar-refractivity contribution >= 4 is 36.0 Å². The van der Waals surface area contributed by atoms with Crippen LogP contribution in [0.2, 0.25) is 0 Å². The number of nitrogens with one attached hydrogen (secondary N) is 4. The molecule has 0 radical (unpaired) electrons. The smallest absolute Gasteiger partial charge is 0.322 e. The van der Waals surface area contributed by atoms with E-state index < -0.39 is 29.9 Å². The second-order valence-electron chi connectivity index (χ2n) is 10.4. The Morgan fingerprint density at radius 3 is 2.78 bits per heavy atom. The highest BCUT2D eigenvalue weighted by Crippen LogP contribution is 2.29. The summed E-state index contributed by atoms with van der Waals surface area (Å²) in [5.41, 5.74) is 1.94. The number of aliphatic imine (C=N–C) groups is 2. The Balaban J connectivity index is 0.000000266. The number of urea groups is 1. The third-order valence-electron chi connectivity index (χ3n) is 7.09. The molecule has 0 aromatic carbocycles. The predicted molar refractivity (Wildman–Crippen MR) is 171 cm³/mol. The maximum atomic E-state index is 13.7. The molecule has 46 heavy (non-hydrogen) atoms. The average molecular weight is 633 g/mol. The molecule has 2 aromatic rings. The minimum Gasteiger partial charge on any atom is -0.459 e. The third kappa shape index (κ3) is 8.41. The third-order valence-corrected chi connectivity index (χ3v) is 7.09. The highest BCUT2D eigenvalue weighted by atomic mass is 19.1. The number of allylic oxidation sites excluding steroid dienone is 1. The van der Waals surface area contributed by atoms with Crippen molar-refractivity contribution in [3.63, 3.8) is 0 Å². The van der Waals surface area contributed by atoms with Gasteiger partial charge in [0.2, 0.25) is 0 Å². The number of imide groups is 1. The lowest BCUT2D eigenvalue weighted by atomic mass is 10.1. The van der Waals surface area contributed by atoms with Crippen molar-refractivity contribution in [1.82, 2.24) is 31.0 Å². The van der Waals surface area contributed by atoms with Gasteiger partial charge in [-0.05, 0) is 54.0 Å². The van der Waals surface area contributed by atoms with E-state index in [9.17, 15) is 18.8 Å². The first-order valence-electron chi connectivity index (χ1n) is 14.6. The van der Waals surface area contributed by atoms with Crippen molar-refractivity contribution < 1.29 is 27.9 Å². The zero-order valence-corrected chi connectivity index (χ0v) is 26.2. The van der Waals surface area contributed by atoms with Crippen LogP contribution in [0.1, 0.15) is 49.3 Å². The molecule has 2 aliphatic heterocycles. The SMILES string of the molecule is CC/C=C(\N=C/C(C)c1cn[nH]c1)NC(/C=C\c1ccc(C2NC(=O)NC2=O)o1)=NC.COC1C=CC2=C(C(=O)N(C)C2)C(F)=C1. The second-order valence-corrected chi connectivity index (χ2v) is 10.4. The maximum absolute atomic E-state index is 13.7. The Kier molecular flexibility index (Phi) is 11.3. The zero-order chi connectivity index (χ0) is 33.2. The number of likely N-dealkylation sites (N-methyl/N-ethyl adjacent to an activating group) is 1. The number of hydrogen-bond donors (Lipinski definition) is 4. The number of amidine groups is 1. The van der Waals surface area contributed by atoms with Crippen molar-refractivity contribution in [2.24, 2.45) is 9.98 Å². The number of ether oxygens (including phenoxy) is 1. The van der Waals surface area contributed by atoms with E-state index in [-0.39, 0.29) is 17.4 Å². The van der Waals surface area contributed by atoms with Crippen molar-refractivity contribution in [3.05, 3.63) is 94.8 Å². The van der Waals surface area contributed by atoms with Crippen LogP contribution in [0.3, 0.4) is 0 Å². The quantitative estimate of drug-likeness (QED) is 0.185. The van der Waals surface area contributed by atoms with Crippen LogP contribution in [-0.4, -0.2) is 78.8 Å². The van der Waals surface area contributed by atoms with E-state index in [0.717, 1.165) is 17.6 Å². The maximum Gasteiger partial charge on any atom is 0.322 e. The number of nitrogens with zero attached hydrogens (tertiary/aromatic N) is 4. The fourth-order valence-electron chi connectivity index (χ4n) is 4.58. The van der Waals surface area contributed by atoms with E-state index in [0.29, 0.717) is 29.7 Å². The molecule has 3 atom stereocenters. The molecule has 0 spiro atoms. The second kappa shape index (κ2) is 15.6. The minimum absolute atomic E-state index is 0.105. The number of methoxy groups -OCH3 is 1. The van der Waals surface area contributed by atoms with Gasteiger partial charge in [-0.1, -0.05) is 26.0 Å². The fourth-order valence-corrected chi connectivity index (χ4v) is 4.58.